The van der Waals surface area contributed by atoms with E-state index in [9.17, 15) is 14.9 Å². The smallest absolute Gasteiger partial charge is 0.312 e. The molecule has 0 amide bonds. The first-order chi connectivity index (χ1) is 7.63. The third-order valence-corrected chi connectivity index (χ3v) is 1.72. The summed E-state index contributed by atoms with van der Waals surface area (Å²) >= 11 is 0. The molecule has 1 rings (SSSR count). The van der Waals surface area contributed by atoms with Crippen molar-refractivity contribution in [2.24, 2.45) is 0 Å². The van der Waals surface area contributed by atoms with Gasteiger partial charge in [-0.1, -0.05) is 0 Å². The molecule has 0 unspecified atom stereocenters. The molecule has 0 bridgehead atoms. The van der Waals surface area contributed by atoms with Crippen molar-refractivity contribution in [2.45, 2.75) is 12.8 Å². The fraction of sp³-hybridized carbons (Fsp3) is 0.200. The molecule has 1 aromatic carbocycles. The molecule has 0 heterocycles. The number of hydrogen-bond donors (Lipinski definition) is 0. The van der Waals surface area contributed by atoms with E-state index in [1.807, 2.05) is 6.07 Å². The minimum Gasteiger partial charge on any atom is -0.426 e. The van der Waals surface area contributed by atoms with E-state index in [2.05, 4.69) is 0 Å². The van der Waals surface area contributed by atoms with Gasteiger partial charge in [0, 0.05) is 18.6 Å². The molecule has 0 aliphatic carbocycles. The number of esters is 1. The number of rotatable bonds is 4. The van der Waals surface area contributed by atoms with Crippen LogP contribution in [0.15, 0.2) is 24.3 Å². The number of hydrogen-bond acceptors (Lipinski definition) is 5. The van der Waals surface area contributed by atoms with E-state index in [0.717, 1.165) is 0 Å². The molecule has 0 radical (unpaired) electrons. The monoisotopic (exact) mass is 220 g/mol. The molecule has 0 atom stereocenters. The number of nitrogens with zero attached hydrogens (tertiary/aromatic N) is 2. The second-order valence-corrected chi connectivity index (χ2v) is 2.88. The van der Waals surface area contributed by atoms with Crippen molar-refractivity contribution in [3.63, 3.8) is 0 Å². The van der Waals surface area contributed by atoms with Crippen LogP contribution in [-0.2, 0) is 4.79 Å². The van der Waals surface area contributed by atoms with Crippen LogP contribution < -0.4 is 4.74 Å². The van der Waals surface area contributed by atoms with Crippen molar-refractivity contribution >= 4 is 11.7 Å². The van der Waals surface area contributed by atoms with Gasteiger partial charge in [-0.15, -0.1) is 0 Å². The topological polar surface area (TPSA) is 93.2 Å². The van der Waals surface area contributed by atoms with Gasteiger partial charge in [-0.05, 0) is 12.1 Å². The van der Waals surface area contributed by atoms with E-state index in [4.69, 9.17) is 10.00 Å². The second-order valence-electron chi connectivity index (χ2n) is 2.88. The summed E-state index contributed by atoms with van der Waals surface area (Å²) in [5, 5.41) is 18.6. The van der Waals surface area contributed by atoms with Crippen LogP contribution in [0, 0.1) is 21.4 Å². The Morgan fingerprint density at radius 3 is 2.56 bits per heavy atom. The summed E-state index contributed by atoms with van der Waals surface area (Å²) in [6.07, 6.45) is 0.0965. The zero-order chi connectivity index (χ0) is 12.0. The zero-order valence-corrected chi connectivity index (χ0v) is 8.25. The van der Waals surface area contributed by atoms with Gasteiger partial charge >= 0.3 is 5.97 Å². The van der Waals surface area contributed by atoms with Crippen molar-refractivity contribution in [1.29, 1.82) is 5.26 Å². The minimum atomic E-state index is -0.540. The Morgan fingerprint density at radius 2 is 2.06 bits per heavy atom. The Kier molecular flexibility index (Phi) is 3.98. The van der Waals surface area contributed by atoms with E-state index in [1.165, 1.54) is 24.3 Å². The standard InChI is InChI=1S/C10H8N2O4/c11-7-1-2-10(13)16-9-5-3-8(4-6-9)12(14)15/h3-6H,1-2H2. The van der Waals surface area contributed by atoms with E-state index in [0.29, 0.717) is 0 Å². The Labute approximate surface area is 91.2 Å². The third-order valence-electron chi connectivity index (χ3n) is 1.72. The Hall–Kier alpha value is -2.42. The maximum absolute atomic E-state index is 11.1. The van der Waals surface area contributed by atoms with Gasteiger partial charge in [0.1, 0.15) is 5.75 Å². The van der Waals surface area contributed by atoms with Gasteiger partial charge in [0.05, 0.1) is 17.4 Å². The fourth-order valence-electron chi connectivity index (χ4n) is 0.976. The Morgan fingerprint density at radius 1 is 1.44 bits per heavy atom. The van der Waals surface area contributed by atoms with Gasteiger partial charge in [0.15, 0.2) is 0 Å². The average molecular weight is 220 g/mol. The van der Waals surface area contributed by atoms with Crippen LogP contribution >= 0.6 is 0 Å². The first-order valence-electron chi connectivity index (χ1n) is 4.45. The van der Waals surface area contributed by atoms with Gasteiger partial charge in [-0.3, -0.25) is 14.9 Å². The highest BCUT2D eigenvalue weighted by atomic mass is 16.6. The quantitative estimate of drug-likeness (QED) is 0.334. The lowest BCUT2D eigenvalue weighted by atomic mass is 10.3. The summed E-state index contributed by atoms with van der Waals surface area (Å²) in [5.41, 5.74) is -0.0724. The van der Waals surface area contributed by atoms with E-state index < -0.39 is 10.9 Å². The fourth-order valence-corrected chi connectivity index (χ4v) is 0.976. The summed E-state index contributed by atoms with van der Waals surface area (Å²) in [4.78, 5) is 20.9. The molecule has 0 saturated heterocycles. The maximum atomic E-state index is 11.1. The van der Waals surface area contributed by atoms with Gasteiger partial charge < -0.3 is 4.74 Å². The molecule has 0 aromatic heterocycles. The van der Waals surface area contributed by atoms with Crippen molar-refractivity contribution in [2.75, 3.05) is 0 Å². The van der Waals surface area contributed by atoms with Gasteiger partial charge in [-0.25, -0.2) is 0 Å². The van der Waals surface area contributed by atoms with Crippen LogP contribution in [0.5, 0.6) is 5.75 Å². The number of nitro groups is 1. The van der Waals surface area contributed by atoms with E-state index in [1.54, 1.807) is 0 Å². The average Bonchev–Trinajstić information content (AvgIpc) is 2.27. The molecule has 0 aliphatic heterocycles. The molecule has 16 heavy (non-hydrogen) atoms. The number of benzene rings is 1. The first-order valence-corrected chi connectivity index (χ1v) is 4.45. The van der Waals surface area contributed by atoms with Crippen LogP contribution in [-0.4, -0.2) is 10.9 Å². The van der Waals surface area contributed by atoms with Crippen molar-refractivity contribution in [1.82, 2.24) is 0 Å². The van der Waals surface area contributed by atoms with Gasteiger partial charge in [0.25, 0.3) is 5.69 Å². The molecule has 0 N–H and O–H groups in total. The highest BCUT2D eigenvalue weighted by Crippen LogP contribution is 2.17. The molecule has 6 nitrogen and oxygen atoms in total. The lowest BCUT2D eigenvalue weighted by Crippen LogP contribution is -2.06. The summed E-state index contributed by atoms with van der Waals surface area (Å²) in [5.74, 6) is -0.302. The molecule has 0 aliphatic rings. The Bertz CT molecular complexity index is 433. The number of ether oxygens (including phenoxy) is 1. The zero-order valence-electron chi connectivity index (χ0n) is 8.25. The normalized spacial score (nSPS) is 9.19. The van der Waals surface area contributed by atoms with Gasteiger partial charge in [-0.2, -0.15) is 5.26 Å². The first kappa shape index (κ1) is 11.7. The molecule has 82 valence electrons. The number of nitro benzene ring substituents is 1. The summed E-state index contributed by atoms with van der Waals surface area (Å²) in [6.45, 7) is 0. The van der Waals surface area contributed by atoms with Crippen LogP contribution in [0.25, 0.3) is 0 Å². The molecule has 1 aromatic rings. The number of carbonyl (C=O) groups excluding carboxylic acids is 1. The minimum absolute atomic E-state index is 0.00743. The van der Waals surface area contributed by atoms with Gasteiger partial charge in [0.2, 0.25) is 0 Å². The number of nitriles is 1. The molecular weight excluding hydrogens is 212 g/mol. The van der Waals surface area contributed by atoms with Crippen LogP contribution in [0.4, 0.5) is 5.69 Å². The highest BCUT2D eigenvalue weighted by Gasteiger charge is 2.07. The van der Waals surface area contributed by atoms with E-state index in [-0.39, 0.29) is 24.3 Å². The third kappa shape index (κ3) is 3.38. The molecular formula is C10H8N2O4. The lowest BCUT2D eigenvalue weighted by Gasteiger charge is -2.01. The van der Waals surface area contributed by atoms with Crippen LogP contribution in [0.3, 0.4) is 0 Å². The molecule has 0 saturated carbocycles. The maximum Gasteiger partial charge on any atom is 0.312 e. The van der Waals surface area contributed by atoms with Crippen LogP contribution in [0.2, 0.25) is 0 Å². The predicted octanol–water partition coefficient (Wildman–Crippen LogP) is 1.80. The summed E-state index contributed by atoms with van der Waals surface area (Å²) in [7, 11) is 0. The molecule has 0 fully saturated rings. The lowest BCUT2D eigenvalue weighted by molar-refractivity contribution is -0.384. The highest BCUT2D eigenvalue weighted by molar-refractivity contribution is 5.72. The van der Waals surface area contributed by atoms with Crippen molar-refractivity contribution in [3.05, 3.63) is 34.4 Å². The van der Waals surface area contributed by atoms with Crippen molar-refractivity contribution < 1.29 is 14.5 Å². The number of non-ortho nitro benzene ring substituents is 1. The second kappa shape index (κ2) is 5.46. The SMILES string of the molecule is N#CCCC(=O)Oc1ccc([N+](=O)[O-])cc1. The summed E-state index contributed by atoms with van der Waals surface area (Å²) < 4.78 is 4.84. The predicted molar refractivity (Wildman–Crippen MR) is 53.6 cm³/mol. The van der Waals surface area contributed by atoms with Crippen LogP contribution in [0.1, 0.15) is 12.8 Å². The van der Waals surface area contributed by atoms with E-state index >= 15 is 0 Å². The molecule has 6 heteroatoms. The Balaban J connectivity index is 2.59. The molecule has 0 spiro atoms. The van der Waals surface area contributed by atoms with Crippen molar-refractivity contribution in [3.8, 4) is 11.8 Å². The number of carbonyl (C=O) groups is 1. The largest absolute Gasteiger partial charge is 0.426 e. The summed E-state index contributed by atoms with van der Waals surface area (Å²) in [6, 6.07) is 6.98.